The molecule has 0 atom stereocenters. The summed E-state index contributed by atoms with van der Waals surface area (Å²) in [7, 11) is 0. The van der Waals surface area contributed by atoms with Crippen LogP contribution in [0.2, 0.25) is 0 Å². The van der Waals surface area contributed by atoms with Gasteiger partial charge < -0.3 is 14.8 Å². The first-order chi connectivity index (χ1) is 13.2. The van der Waals surface area contributed by atoms with Gasteiger partial charge in [-0.1, -0.05) is 12.1 Å². The van der Waals surface area contributed by atoms with Gasteiger partial charge in [-0.2, -0.15) is 0 Å². The molecule has 6 heteroatoms. The lowest BCUT2D eigenvalue weighted by Crippen LogP contribution is -2.14. The van der Waals surface area contributed by atoms with E-state index < -0.39 is 0 Å². The molecule has 3 aromatic rings. The summed E-state index contributed by atoms with van der Waals surface area (Å²) in [5.74, 6) is 1.55. The molecule has 0 fully saturated rings. The molecule has 0 radical (unpaired) electrons. The summed E-state index contributed by atoms with van der Waals surface area (Å²) in [5.41, 5.74) is 2.75. The first kappa shape index (κ1) is 18.9. The molecular formula is C21H22N2O3S. The molecule has 1 aromatic heterocycles. The van der Waals surface area contributed by atoms with Gasteiger partial charge in [0.1, 0.15) is 11.5 Å². The number of hydrogen-bond acceptors (Lipinski definition) is 5. The van der Waals surface area contributed by atoms with Crippen LogP contribution in [0.4, 0.5) is 5.13 Å². The highest BCUT2D eigenvalue weighted by Crippen LogP contribution is 2.26. The Morgan fingerprint density at radius 2 is 1.56 bits per heavy atom. The molecule has 0 saturated heterocycles. The Morgan fingerprint density at radius 3 is 2.15 bits per heavy atom. The quantitative estimate of drug-likeness (QED) is 0.609. The molecule has 0 spiro atoms. The van der Waals surface area contributed by atoms with E-state index in [0.29, 0.717) is 24.8 Å². The number of rotatable bonds is 8. The van der Waals surface area contributed by atoms with Gasteiger partial charge in [0.25, 0.3) is 0 Å². The summed E-state index contributed by atoms with van der Waals surface area (Å²) in [6, 6.07) is 15.3. The molecule has 0 bridgehead atoms. The molecule has 0 unspecified atom stereocenters. The Kier molecular flexibility index (Phi) is 6.44. The van der Waals surface area contributed by atoms with E-state index in [1.165, 1.54) is 11.3 Å². The van der Waals surface area contributed by atoms with Crippen LogP contribution in [0.1, 0.15) is 19.4 Å². The standard InChI is InChI=1S/C21H22N2O3S/c1-3-25-17-9-5-15(6-10-17)13-20(24)23-21-22-19(14-27-21)16-7-11-18(12-8-16)26-4-2/h5-12,14H,3-4,13H2,1-2H3,(H,22,23,24). The fourth-order valence-electron chi connectivity index (χ4n) is 2.57. The van der Waals surface area contributed by atoms with Crippen molar-refractivity contribution in [1.29, 1.82) is 0 Å². The van der Waals surface area contributed by atoms with Crippen LogP contribution in [0.5, 0.6) is 11.5 Å². The van der Waals surface area contributed by atoms with Gasteiger partial charge in [-0.15, -0.1) is 11.3 Å². The third-order valence-electron chi connectivity index (χ3n) is 3.81. The van der Waals surface area contributed by atoms with Crippen molar-refractivity contribution in [3.63, 3.8) is 0 Å². The maximum atomic E-state index is 12.3. The zero-order chi connectivity index (χ0) is 19.1. The lowest BCUT2D eigenvalue weighted by Gasteiger charge is -2.05. The van der Waals surface area contributed by atoms with Crippen molar-refractivity contribution in [2.75, 3.05) is 18.5 Å². The van der Waals surface area contributed by atoms with E-state index in [-0.39, 0.29) is 5.91 Å². The highest BCUT2D eigenvalue weighted by atomic mass is 32.1. The summed E-state index contributed by atoms with van der Waals surface area (Å²) in [4.78, 5) is 16.8. The summed E-state index contributed by atoms with van der Waals surface area (Å²) in [6.07, 6.45) is 0.296. The van der Waals surface area contributed by atoms with Crippen molar-refractivity contribution in [2.24, 2.45) is 0 Å². The number of nitrogens with one attached hydrogen (secondary N) is 1. The lowest BCUT2D eigenvalue weighted by molar-refractivity contribution is -0.115. The minimum atomic E-state index is -0.0910. The third kappa shape index (κ3) is 5.31. The number of thiazole rings is 1. The van der Waals surface area contributed by atoms with Gasteiger partial charge >= 0.3 is 0 Å². The van der Waals surface area contributed by atoms with Crippen LogP contribution in [0.15, 0.2) is 53.9 Å². The number of anilines is 1. The monoisotopic (exact) mass is 382 g/mol. The highest BCUT2D eigenvalue weighted by molar-refractivity contribution is 7.14. The molecule has 3 rings (SSSR count). The van der Waals surface area contributed by atoms with Gasteiger partial charge in [0.2, 0.25) is 5.91 Å². The van der Waals surface area contributed by atoms with Crippen molar-refractivity contribution in [3.8, 4) is 22.8 Å². The molecule has 1 heterocycles. The first-order valence-electron chi connectivity index (χ1n) is 8.88. The maximum absolute atomic E-state index is 12.3. The second kappa shape index (κ2) is 9.19. The Labute approximate surface area is 163 Å². The highest BCUT2D eigenvalue weighted by Gasteiger charge is 2.09. The zero-order valence-electron chi connectivity index (χ0n) is 15.4. The van der Waals surface area contributed by atoms with Crippen LogP contribution in [0.3, 0.4) is 0 Å². The molecule has 0 saturated carbocycles. The fourth-order valence-corrected chi connectivity index (χ4v) is 3.31. The van der Waals surface area contributed by atoms with Crippen LogP contribution in [0.25, 0.3) is 11.3 Å². The minimum Gasteiger partial charge on any atom is -0.494 e. The molecule has 0 aliphatic rings. The summed E-state index contributed by atoms with van der Waals surface area (Å²) in [5, 5.41) is 5.39. The number of ether oxygens (including phenoxy) is 2. The summed E-state index contributed by atoms with van der Waals surface area (Å²) >= 11 is 1.41. The van der Waals surface area contributed by atoms with Crippen LogP contribution in [0, 0.1) is 0 Å². The molecular weight excluding hydrogens is 360 g/mol. The number of benzene rings is 2. The smallest absolute Gasteiger partial charge is 0.230 e. The van der Waals surface area contributed by atoms with Crippen molar-refractivity contribution >= 4 is 22.4 Å². The molecule has 2 aromatic carbocycles. The van der Waals surface area contributed by atoms with E-state index in [4.69, 9.17) is 9.47 Å². The van der Waals surface area contributed by atoms with E-state index in [1.54, 1.807) is 0 Å². The van der Waals surface area contributed by atoms with Gasteiger partial charge in [-0.25, -0.2) is 4.98 Å². The van der Waals surface area contributed by atoms with E-state index in [0.717, 1.165) is 28.3 Å². The average Bonchev–Trinajstić information content (AvgIpc) is 3.13. The van der Waals surface area contributed by atoms with Crippen LogP contribution in [-0.2, 0) is 11.2 Å². The maximum Gasteiger partial charge on any atom is 0.230 e. The second-order valence-corrected chi connectivity index (χ2v) is 6.66. The number of amides is 1. The number of carbonyl (C=O) groups is 1. The Morgan fingerprint density at radius 1 is 0.963 bits per heavy atom. The van der Waals surface area contributed by atoms with Crippen molar-refractivity contribution < 1.29 is 14.3 Å². The average molecular weight is 382 g/mol. The second-order valence-electron chi connectivity index (χ2n) is 5.80. The summed E-state index contributed by atoms with van der Waals surface area (Å²) < 4.78 is 10.9. The van der Waals surface area contributed by atoms with Crippen molar-refractivity contribution in [3.05, 3.63) is 59.5 Å². The van der Waals surface area contributed by atoms with Crippen molar-refractivity contribution in [2.45, 2.75) is 20.3 Å². The molecule has 0 aliphatic carbocycles. The molecule has 5 nitrogen and oxygen atoms in total. The Bertz CT molecular complexity index is 873. The Balaban J connectivity index is 1.58. The molecule has 1 amide bonds. The topological polar surface area (TPSA) is 60.5 Å². The molecule has 0 aliphatic heterocycles. The SMILES string of the molecule is CCOc1ccc(CC(=O)Nc2nc(-c3ccc(OCC)cc3)cs2)cc1. The molecule has 27 heavy (non-hydrogen) atoms. The number of hydrogen-bond donors (Lipinski definition) is 1. The fraction of sp³-hybridized carbons (Fsp3) is 0.238. The molecule has 140 valence electrons. The van der Waals surface area contributed by atoms with Gasteiger partial charge in [-0.3, -0.25) is 4.79 Å². The van der Waals surface area contributed by atoms with Crippen LogP contribution >= 0.6 is 11.3 Å². The molecule has 1 N–H and O–H groups in total. The number of nitrogens with zero attached hydrogens (tertiary/aromatic N) is 1. The minimum absolute atomic E-state index is 0.0910. The van der Waals surface area contributed by atoms with Gasteiger partial charge in [0.05, 0.1) is 25.3 Å². The van der Waals surface area contributed by atoms with Gasteiger partial charge in [0, 0.05) is 10.9 Å². The van der Waals surface area contributed by atoms with E-state index in [2.05, 4.69) is 10.3 Å². The predicted octanol–water partition coefficient (Wildman–Crippen LogP) is 4.79. The third-order valence-corrected chi connectivity index (χ3v) is 4.57. The summed E-state index contributed by atoms with van der Waals surface area (Å²) in [6.45, 7) is 5.16. The lowest BCUT2D eigenvalue weighted by atomic mass is 10.1. The van der Waals surface area contributed by atoms with Gasteiger partial charge in [-0.05, 0) is 55.8 Å². The first-order valence-corrected chi connectivity index (χ1v) is 9.76. The predicted molar refractivity (Wildman–Crippen MR) is 109 cm³/mol. The number of aromatic nitrogens is 1. The van der Waals surface area contributed by atoms with E-state index >= 15 is 0 Å². The van der Waals surface area contributed by atoms with E-state index in [9.17, 15) is 4.79 Å². The van der Waals surface area contributed by atoms with Crippen LogP contribution < -0.4 is 14.8 Å². The Hall–Kier alpha value is -2.86. The van der Waals surface area contributed by atoms with Crippen LogP contribution in [-0.4, -0.2) is 24.1 Å². The zero-order valence-corrected chi connectivity index (χ0v) is 16.2. The van der Waals surface area contributed by atoms with Crippen molar-refractivity contribution in [1.82, 2.24) is 4.98 Å². The number of carbonyl (C=O) groups excluding carboxylic acids is 1. The van der Waals surface area contributed by atoms with Gasteiger partial charge in [0.15, 0.2) is 5.13 Å². The largest absolute Gasteiger partial charge is 0.494 e. The normalized spacial score (nSPS) is 10.4. The van der Waals surface area contributed by atoms with E-state index in [1.807, 2.05) is 67.8 Å².